The molecule has 1 aliphatic carbocycles. The summed E-state index contributed by atoms with van der Waals surface area (Å²) in [5.74, 6) is -0.936. The number of carbonyl (C=O) groups is 2. The SMILES string of the molecule is [B]c1ccc2c(c1)-c1cc(Br)ccc1C(=O)C2=O. The van der Waals surface area contributed by atoms with Crippen LogP contribution in [0.5, 0.6) is 0 Å². The number of hydrogen-bond acceptors (Lipinski definition) is 2. The van der Waals surface area contributed by atoms with Crippen molar-refractivity contribution in [2.24, 2.45) is 0 Å². The number of rotatable bonds is 0. The summed E-state index contributed by atoms with van der Waals surface area (Å²) in [6.45, 7) is 0. The van der Waals surface area contributed by atoms with Crippen LogP contribution in [-0.2, 0) is 0 Å². The third-order valence-corrected chi connectivity index (χ3v) is 3.50. The third-order valence-electron chi connectivity index (χ3n) is 3.01. The Morgan fingerprint density at radius 1 is 0.778 bits per heavy atom. The van der Waals surface area contributed by atoms with Crippen molar-refractivity contribution < 1.29 is 9.59 Å². The highest BCUT2D eigenvalue weighted by atomic mass is 79.9. The molecule has 84 valence electrons. The van der Waals surface area contributed by atoms with E-state index >= 15 is 0 Å². The standard InChI is InChI=1S/C14H6BBrO2/c15-7-1-3-9-11(5-7)12-6-8(16)2-4-10(12)14(18)13(9)17/h1-6H. The molecule has 3 rings (SSSR count). The van der Waals surface area contributed by atoms with Gasteiger partial charge in [-0.15, -0.1) is 0 Å². The van der Waals surface area contributed by atoms with E-state index in [1.165, 1.54) is 0 Å². The van der Waals surface area contributed by atoms with Crippen molar-refractivity contribution in [2.45, 2.75) is 0 Å². The lowest BCUT2D eigenvalue weighted by atomic mass is 9.81. The number of Topliss-reactive ketones (excluding diaryl/α,β-unsaturated/α-hetero) is 2. The summed E-state index contributed by atoms with van der Waals surface area (Å²) >= 11 is 3.37. The molecule has 0 aliphatic heterocycles. The fourth-order valence-corrected chi connectivity index (χ4v) is 2.53. The Kier molecular flexibility index (Phi) is 2.49. The van der Waals surface area contributed by atoms with Crippen LogP contribution < -0.4 is 5.46 Å². The number of carbonyl (C=O) groups excluding carboxylic acids is 2. The Morgan fingerprint density at radius 3 is 2.00 bits per heavy atom. The van der Waals surface area contributed by atoms with Crippen molar-refractivity contribution in [3.8, 4) is 11.1 Å². The van der Waals surface area contributed by atoms with Gasteiger partial charge in [-0.25, -0.2) is 0 Å². The predicted molar refractivity (Wildman–Crippen MR) is 73.6 cm³/mol. The summed E-state index contributed by atoms with van der Waals surface area (Å²) in [5, 5.41) is 0. The second-order valence-electron chi connectivity index (χ2n) is 4.15. The van der Waals surface area contributed by atoms with Crippen molar-refractivity contribution in [1.29, 1.82) is 0 Å². The van der Waals surface area contributed by atoms with Gasteiger partial charge in [-0.05, 0) is 29.3 Å². The Hall–Kier alpha value is -1.68. The van der Waals surface area contributed by atoms with Gasteiger partial charge < -0.3 is 0 Å². The first-order valence-electron chi connectivity index (χ1n) is 5.36. The van der Waals surface area contributed by atoms with Crippen molar-refractivity contribution >= 4 is 40.8 Å². The molecule has 2 nitrogen and oxygen atoms in total. The number of fused-ring (bicyclic) bond motifs is 3. The van der Waals surface area contributed by atoms with Gasteiger partial charge >= 0.3 is 0 Å². The topological polar surface area (TPSA) is 34.1 Å². The van der Waals surface area contributed by atoms with E-state index in [1.54, 1.807) is 30.3 Å². The van der Waals surface area contributed by atoms with E-state index in [4.69, 9.17) is 7.85 Å². The molecule has 2 aromatic rings. The molecular weight excluding hydrogens is 291 g/mol. The molecule has 0 atom stereocenters. The minimum atomic E-state index is -0.472. The maximum absolute atomic E-state index is 12.0. The molecule has 0 bridgehead atoms. The van der Waals surface area contributed by atoms with Crippen LogP contribution in [0.25, 0.3) is 11.1 Å². The molecule has 18 heavy (non-hydrogen) atoms. The van der Waals surface area contributed by atoms with Crippen LogP contribution >= 0.6 is 15.9 Å². The van der Waals surface area contributed by atoms with E-state index < -0.39 is 11.6 Å². The van der Waals surface area contributed by atoms with E-state index in [9.17, 15) is 9.59 Å². The number of ketones is 2. The van der Waals surface area contributed by atoms with Gasteiger partial charge in [0.2, 0.25) is 11.6 Å². The van der Waals surface area contributed by atoms with Gasteiger partial charge in [-0.3, -0.25) is 9.59 Å². The van der Waals surface area contributed by atoms with Crippen LogP contribution in [0.4, 0.5) is 0 Å². The second-order valence-corrected chi connectivity index (χ2v) is 5.07. The first-order chi connectivity index (χ1) is 8.58. The normalized spacial score (nSPS) is 13.2. The fraction of sp³-hybridized carbons (Fsp3) is 0. The minimum absolute atomic E-state index is 0.416. The molecule has 1 aliphatic rings. The molecule has 0 aromatic heterocycles. The summed E-state index contributed by atoms with van der Waals surface area (Å²) in [4.78, 5) is 24.0. The molecule has 0 fully saturated rings. The molecule has 0 saturated carbocycles. The van der Waals surface area contributed by atoms with Crippen molar-refractivity contribution in [3.63, 3.8) is 0 Å². The Labute approximate surface area is 114 Å². The van der Waals surface area contributed by atoms with E-state index in [1.807, 2.05) is 6.07 Å². The molecule has 0 spiro atoms. The molecular formula is C14H6BBrO2. The fourth-order valence-electron chi connectivity index (χ4n) is 2.16. The van der Waals surface area contributed by atoms with Crippen molar-refractivity contribution in [2.75, 3.05) is 0 Å². The van der Waals surface area contributed by atoms with E-state index in [0.29, 0.717) is 16.6 Å². The molecule has 0 unspecified atom stereocenters. The minimum Gasteiger partial charge on any atom is -0.285 e. The van der Waals surface area contributed by atoms with Crippen LogP contribution in [0.1, 0.15) is 20.7 Å². The van der Waals surface area contributed by atoms with Gasteiger partial charge in [-0.1, -0.05) is 39.6 Å². The van der Waals surface area contributed by atoms with Crippen LogP contribution in [-0.4, -0.2) is 19.4 Å². The van der Waals surface area contributed by atoms with Gasteiger partial charge in [0.25, 0.3) is 0 Å². The van der Waals surface area contributed by atoms with Gasteiger partial charge in [0.15, 0.2) is 0 Å². The zero-order valence-electron chi connectivity index (χ0n) is 9.24. The molecule has 0 amide bonds. The summed E-state index contributed by atoms with van der Waals surface area (Å²) in [6.07, 6.45) is 0. The highest BCUT2D eigenvalue weighted by Crippen LogP contribution is 2.34. The van der Waals surface area contributed by atoms with Crippen LogP contribution in [0.15, 0.2) is 40.9 Å². The monoisotopic (exact) mass is 296 g/mol. The summed E-state index contributed by atoms with van der Waals surface area (Å²) < 4.78 is 0.858. The van der Waals surface area contributed by atoms with E-state index in [0.717, 1.165) is 15.6 Å². The third kappa shape index (κ3) is 1.56. The largest absolute Gasteiger partial charge is 0.285 e. The zero-order valence-corrected chi connectivity index (χ0v) is 10.8. The average Bonchev–Trinajstić information content (AvgIpc) is 2.36. The number of benzene rings is 2. The summed E-state index contributed by atoms with van der Waals surface area (Å²) in [5.41, 5.74) is 2.88. The van der Waals surface area contributed by atoms with Crippen LogP contribution in [0, 0.1) is 0 Å². The first-order valence-corrected chi connectivity index (χ1v) is 6.15. The number of hydrogen-bond donors (Lipinski definition) is 0. The lowest BCUT2D eigenvalue weighted by molar-refractivity contribution is 0.0815. The van der Waals surface area contributed by atoms with Crippen LogP contribution in [0.3, 0.4) is 0 Å². The van der Waals surface area contributed by atoms with Gasteiger partial charge in [0, 0.05) is 15.6 Å². The van der Waals surface area contributed by atoms with E-state index in [2.05, 4.69) is 15.9 Å². The maximum atomic E-state index is 12.0. The number of halogens is 1. The molecule has 0 heterocycles. The highest BCUT2D eigenvalue weighted by molar-refractivity contribution is 9.10. The van der Waals surface area contributed by atoms with Gasteiger partial charge in [-0.2, -0.15) is 0 Å². The second kappa shape index (κ2) is 3.92. The quantitative estimate of drug-likeness (QED) is 0.552. The Morgan fingerprint density at radius 2 is 1.33 bits per heavy atom. The smallest absolute Gasteiger partial charge is 0.234 e. The van der Waals surface area contributed by atoms with Crippen molar-refractivity contribution in [3.05, 3.63) is 52.0 Å². The Balaban J connectivity index is 2.40. The lowest BCUT2D eigenvalue weighted by Gasteiger charge is -2.18. The molecule has 2 aromatic carbocycles. The van der Waals surface area contributed by atoms with E-state index in [-0.39, 0.29) is 0 Å². The van der Waals surface area contributed by atoms with Gasteiger partial charge in [0.1, 0.15) is 7.85 Å². The lowest BCUT2D eigenvalue weighted by Crippen LogP contribution is -2.22. The summed E-state index contributed by atoms with van der Waals surface area (Å²) in [7, 11) is 5.75. The molecule has 4 heteroatoms. The average molecular weight is 297 g/mol. The first kappa shape index (κ1) is 11.4. The van der Waals surface area contributed by atoms with Gasteiger partial charge in [0.05, 0.1) is 0 Å². The molecule has 0 N–H and O–H groups in total. The van der Waals surface area contributed by atoms with Crippen molar-refractivity contribution in [1.82, 2.24) is 0 Å². The molecule has 2 radical (unpaired) electrons. The Bertz CT molecular complexity index is 645. The zero-order chi connectivity index (χ0) is 12.9. The maximum Gasteiger partial charge on any atom is 0.234 e. The van der Waals surface area contributed by atoms with Crippen LogP contribution in [0.2, 0.25) is 0 Å². The summed E-state index contributed by atoms with van der Waals surface area (Å²) in [6, 6.07) is 10.2. The molecule has 0 saturated heterocycles. The predicted octanol–water partition coefficient (Wildman–Crippen LogP) is 2.29. The highest BCUT2D eigenvalue weighted by Gasteiger charge is 2.30.